The van der Waals surface area contributed by atoms with E-state index < -0.39 is 12.0 Å². The quantitative estimate of drug-likeness (QED) is 0.606. The number of rotatable bonds is 6. The molecule has 3 aromatic rings. The second kappa shape index (κ2) is 8.47. The summed E-state index contributed by atoms with van der Waals surface area (Å²) in [5.41, 5.74) is 2.19. The number of nitrogens with zero attached hydrogens (tertiary/aromatic N) is 3. The molecular weight excluding hydrogens is 403 g/mol. The Morgan fingerprint density at radius 1 is 1.19 bits per heavy atom. The largest absolute Gasteiger partial charge is 0.493 e. The van der Waals surface area contributed by atoms with Gasteiger partial charge in [0.15, 0.2) is 11.5 Å². The summed E-state index contributed by atoms with van der Waals surface area (Å²) < 4.78 is 31.8. The number of carbonyl (C=O) groups excluding carboxylic acids is 1. The van der Waals surface area contributed by atoms with Crippen molar-refractivity contribution in [3.8, 4) is 11.5 Å². The molecule has 8 nitrogen and oxygen atoms in total. The standard InChI is InChI=1S/C22H21FN4O4/c1-13-19(21(28)30-3)20(27-22(26-13)24-12-25-27)14-8-9-17(18(10-14)29-2)31-11-15-6-4-5-7-16(15)23/h4-10,12,20H,11H2,1-3H3,(H,24,25,26)/t20-/m1/s1. The van der Waals surface area contributed by atoms with E-state index >= 15 is 0 Å². The van der Waals surface area contributed by atoms with Crippen LogP contribution in [0.15, 0.2) is 60.1 Å². The summed E-state index contributed by atoms with van der Waals surface area (Å²) in [7, 11) is 2.84. The van der Waals surface area contributed by atoms with Crippen molar-refractivity contribution in [1.82, 2.24) is 14.8 Å². The number of hydrogen-bond donors (Lipinski definition) is 1. The minimum Gasteiger partial charge on any atom is -0.493 e. The lowest BCUT2D eigenvalue weighted by Crippen LogP contribution is -2.29. The van der Waals surface area contributed by atoms with Gasteiger partial charge >= 0.3 is 5.97 Å². The highest BCUT2D eigenvalue weighted by atomic mass is 19.1. The van der Waals surface area contributed by atoms with Gasteiger partial charge in [0.1, 0.15) is 24.8 Å². The molecule has 2 aromatic carbocycles. The lowest BCUT2D eigenvalue weighted by atomic mass is 9.95. The van der Waals surface area contributed by atoms with Crippen LogP contribution >= 0.6 is 0 Å². The first kappa shape index (κ1) is 20.4. The third-order valence-corrected chi connectivity index (χ3v) is 5.04. The molecule has 4 rings (SSSR count). The van der Waals surface area contributed by atoms with E-state index in [2.05, 4.69) is 15.4 Å². The number of aromatic nitrogens is 3. The number of methoxy groups -OCH3 is 2. The summed E-state index contributed by atoms with van der Waals surface area (Å²) in [6.45, 7) is 1.83. The predicted molar refractivity (Wildman–Crippen MR) is 110 cm³/mol. The third kappa shape index (κ3) is 3.81. The second-order valence-corrected chi connectivity index (χ2v) is 6.88. The van der Waals surface area contributed by atoms with Crippen molar-refractivity contribution in [2.24, 2.45) is 0 Å². The summed E-state index contributed by atoms with van der Waals surface area (Å²) in [6.07, 6.45) is 1.41. The van der Waals surface area contributed by atoms with Crippen LogP contribution in [0.4, 0.5) is 10.3 Å². The highest BCUT2D eigenvalue weighted by Crippen LogP contribution is 2.39. The maximum Gasteiger partial charge on any atom is 0.338 e. The normalized spacial score (nSPS) is 15.2. The highest BCUT2D eigenvalue weighted by Gasteiger charge is 2.34. The third-order valence-electron chi connectivity index (χ3n) is 5.04. The molecule has 0 fully saturated rings. The van der Waals surface area contributed by atoms with E-state index in [0.29, 0.717) is 34.3 Å². The fourth-order valence-electron chi connectivity index (χ4n) is 3.52. The summed E-state index contributed by atoms with van der Waals surface area (Å²) in [5, 5.41) is 7.33. The van der Waals surface area contributed by atoms with E-state index in [-0.39, 0.29) is 12.4 Å². The number of carbonyl (C=O) groups is 1. The number of ether oxygens (including phenoxy) is 3. The number of esters is 1. The van der Waals surface area contributed by atoms with Crippen molar-refractivity contribution in [3.63, 3.8) is 0 Å². The molecule has 0 amide bonds. The number of allylic oxidation sites excluding steroid dienone is 1. The van der Waals surface area contributed by atoms with Crippen LogP contribution in [0.25, 0.3) is 0 Å². The summed E-state index contributed by atoms with van der Waals surface area (Å²) in [6, 6.07) is 11.1. The predicted octanol–water partition coefficient (Wildman–Crippen LogP) is 3.47. The van der Waals surface area contributed by atoms with Crippen LogP contribution < -0.4 is 14.8 Å². The molecule has 0 saturated heterocycles. The lowest BCUT2D eigenvalue weighted by molar-refractivity contribution is -0.136. The first-order valence-electron chi connectivity index (χ1n) is 9.53. The fourth-order valence-corrected chi connectivity index (χ4v) is 3.52. The zero-order valence-electron chi connectivity index (χ0n) is 17.3. The molecule has 9 heteroatoms. The smallest absolute Gasteiger partial charge is 0.338 e. The van der Waals surface area contributed by atoms with Gasteiger partial charge in [0, 0.05) is 11.3 Å². The molecule has 0 bridgehead atoms. The zero-order valence-corrected chi connectivity index (χ0v) is 17.3. The van der Waals surface area contributed by atoms with Gasteiger partial charge in [-0.05, 0) is 30.7 Å². The van der Waals surface area contributed by atoms with Crippen molar-refractivity contribution >= 4 is 11.9 Å². The Morgan fingerprint density at radius 2 is 2.00 bits per heavy atom. The molecule has 1 aliphatic rings. The SMILES string of the molecule is COC(=O)C1=C(C)Nc2ncnn2[C@@H]1c1ccc(OCc2ccccc2F)c(OC)c1. The summed E-state index contributed by atoms with van der Waals surface area (Å²) >= 11 is 0. The van der Waals surface area contributed by atoms with E-state index in [1.165, 1.54) is 26.6 Å². The molecule has 31 heavy (non-hydrogen) atoms. The van der Waals surface area contributed by atoms with Gasteiger partial charge in [-0.1, -0.05) is 24.3 Å². The molecule has 1 aliphatic heterocycles. The number of hydrogen-bond acceptors (Lipinski definition) is 7. The Kier molecular flexibility index (Phi) is 5.57. The summed E-state index contributed by atoms with van der Waals surface area (Å²) in [4.78, 5) is 16.7. The van der Waals surface area contributed by atoms with Crippen LogP contribution in [0.5, 0.6) is 11.5 Å². The zero-order chi connectivity index (χ0) is 22.0. The van der Waals surface area contributed by atoms with Crippen LogP contribution in [-0.2, 0) is 16.1 Å². The van der Waals surface area contributed by atoms with Crippen LogP contribution in [0, 0.1) is 5.82 Å². The van der Waals surface area contributed by atoms with Crippen molar-refractivity contribution in [2.45, 2.75) is 19.6 Å². The molecule has 1 N–H and O–H groups in total. The van der Waals surface area contributed by atoms with Gasteiger partial charge in [-0.15, -0.1) is 0 Å². The maximum absolute atomic E-state index is 13.9. The lowest BCUT2D eigenvalue weighted by Gasteiger charge is -2.28. The van der Waals surface area contributed by atoms with Crippen molar-refractivity contribution < 1.29 is 23.4 Å². The summed E-state index contributed by atoms with van der Waals surface area (Å²) in [5.74, 6) is 0.581. The molecule has 0 unspecified atom stereocenters. The molecule has 0 spiro atoms. The van der Waals surface area contributed by atoms with Gasteiger partial charge < -0.3 is 19.5 Å². The number of halogens is 1. The molecule has 2 heterocycles. The average molecular weight is 424 g/mol. The van der Waals surface area contributed by atoms with E-state index in [9.17, 15) is 9.18 Å². The fraction of sp³-hybridized carbons (Fsp3) is 0.227. The Hall–Kier alpha value is -3.88. The molecule has 1 aromatic heterocycles. The molecule has 0 aliphatic carbocycles. The maximum atomic E-state index is 13.9. The van der Waals surface area contributed by atoms with Crippen LogP contribution in [0.2, 0.25) is 0 Å². The first-order valence-corrected chi connectivity index (χ1v) is 9.53. The molecule has 0 radical (unpaired) electrons. The number of anilines is 1. The van der Waals surface area contributed by atoms with Gasteiger partial charge in [0.25, 0.3) is 0 Å². The Balaban J connectivity index is 1.69. The van der Waals surface area contributed by atoms with E-state index in [0.717, 1.165) is 5.56 Å². The Labute approximate surface area is 178 Å². The van der Waals surface area contributed by atoms with Gasteiger partial charge in [0.2, 0.25) is 5.95 Å². The number of fused-ring (bicyclic) bond motifs is 1. The van der Waals surface area contributed by atoms with Crippen LogP contribution in [0.1, 0.15) is 24.1 Å². The van der Waals surface area contributed by atoms with Crippen molar-refractivity contribution in [3.05, 3.63) is 77.0 Å². The highest BCUT2D eigenvalue weighted by molar-refractivity contribution is 5.92. The molecule has 160 valence electrons. The molecule has 1 atom stereocenters. The Bertz CT molecular complexity index is 1160. The van der Waals surface area contributed by atoms with E-state index in [4.69, 9.17) is 14.2 Å². The van der Waals surface area contributed by atoms with Gasteiger partial charge in [-0.25, -0.2) is 13.9 Å². The van der Waals surface area contributed by atoms with E-state index in [1.807, 2.05) is 0 Å². The topological polar surface area (TPSA) is 87.5 Å². The monoisotopic (exact) mass is 424 g/mol. The molecular formula is C22H21FN4O4. The molecule has 0 saturated carbocycles. The van der Waals surface area contributed by atoms with Crippen molar-refractivity contribution in [2.75, 3.05) is 19.5 Å². The van der Waals surface area contributed by atoms with Gasteiger partial charge in [-0.2, -0.15) is 10.1 Å². The van der Waals surface area contributed by atoms with Crippen LogP contribution in [-0.4, -0.2) is 35.0 Å². The minimum atomic E-state index is -0.569. The second-order valence-electron chi connectivity index (χ2n) is 6.88. The van der Waals surface area contributed by atoms with Crippen molar-refractivity contribution in [1.29, 1.82) is 0 Å². The minimum absolute atomic E-state index is 0.0510. The Morgan fingerprint density at radius 3 is 2.74 bits per heavy atom. The van der Waals surface area contributed by atoms with Gasteiger partial charge in [0.05, 0.1) is 19.8 Å². The number of benzene rings is 2. The van der Waals surface area contributed by atoms with Crippen LogP contribution in [0.3, 0.4) is 0 Å². The first-order chi connectivity index (χ1) is 15.0. The van der Waals surface area contributed by atoms with E-state index in [1.54, 1.807) is 48.0 Å². The number of nitrogens with one attached hydrogen (secondary N) is 1. The van der Waals surface area contributed by atoms with Gasteiger partial charge in [-0.3, -0.25) is 0 Å². The average Bonchev–Trinajstić information content (AvgIpc) is 3.25.